The van der Waals surface area contributed by atoms with E-state index in [0.29, 0.717) is 10.7 Å². The van der Waals surface area contributed by atoms with Gasteiger partial charge in [-0.3, -0.25) is 0 Å². The van der Waals surface area contributed by atoms with E-state index in [1.807, 2.05) is 30.3 Å². The molecule has 0 saturated carbocycles. The van der Waals surface area contributed by atoms with Crippen LogP contribution in [0.4, 0.5) is 11.4 Å². The minimum atomic E-state index is 0.656. The summed E-state index contributed by atoms with van der Waals surface area (Å²) in [4.78, 5) is 0. The van der Waals surface area contributed by atoms with E-state index in [4.69, 9.17) is 17.3 Å². The number of hydrogen-bond acceptors (Lipinski definition) is 2. The van der Waals surface area contributed by atoms with E-state index < -0.39 is 0 Å². The van der Waals surface area contributed by atoms with Gasteiger partial charge < -0.3 is 11.1 Å². The third kappa shape index (κ3) is 3.40. The Hall–Kier alpha value is -1.19. The summed E-state index contributed by atoms with van der Waals surface area (Å²) in [5, 5.41) is 3.97. The van der Waals surface area contributed by atoms with E-state index in [1.54, 1.807) is 6.07 Å². The summed E-state index contributed by atoms with van der Waals surface area (Å²) < 4.78 is 1.14. The van der Waals surface area contributed by atoms with Gasteiger partial charge in [-0.1, -0.05) is 45.7 Å². The average molecular weight is 326 g/mol. The predicted molar refractivity (Wildman–Crippen MR) is 82.2 cm³/mol. The fourth-order valence-corrected chi connectivity index (χ4v) is 2.39. The minimum absolute atomic E-state index is 0.656. The molecule has 4 heteroatoms. The van der Waals surface area contributed by atoms with Crippen molar-refractivity contribution in [2.24, 2.45) is 0 Å². The molecule has 2 nitrogen and oxygen atoms in total. The Morgan fingerprint density at radius 3 is 2.67 bits per heavy atom. The van der Waals surface area contributed by atoms with Crippen LogP contribution in [-0.2, 0) is 6.42 Å². The molecule has 3 N–H and O–H groups in total. The van der Waals surface area contributed by atoms with Gasteiger partial charge in [0.1, 0.15) is 0 Å². The van der Waals surface area contributed by atoms with E-state index in [9.17, 15) is 0 Å². The number of rotatable bonds is 4. The smallest absolute Gasteiger partial charge is 0.0575 e. The molecule has 94 valence electrons. The summed E-state index contributed by atoms with van der Waals surface area (Å²) in [6.45, 7) is 0.828. The molecule has 0 fully saturated rings. The molecule has 0 aliphatic heterocycles. The first kappa shape index (κ1) is 13.2. The van der Waals surface area contributed by atoms with Crippen LogP contribution in [0.5, 0.6) is 0 Å². The van der Waals surface area contributed by atoms with E-state index >= 15 is 0 Å². The van der Waals surface area contributed by atoms with Crippen LogP contribution in [0, 0.1) is 0 Å². The third-order valence-electron chi connectivity index (χ3n) is 2.68. The molecule has 2 rings (SSSR count). The molecule has 0 unspecified atom stereocenters. The van der Waals surface area contributed by atoms with Gasteiger partial charge >= 0.3 is 0 Å². The number of anilines is 2. The zero-order chi connectivity index (χ0) is 13.0. The zero-order valence-electron chi connectivity index (χ0n) is 9.79. The Morgan fingerprint density at radius 1 is 1.17 bits per heavy atom. The minimum Gasteiger partial charge on any atom is -0.397 e. The van der Waals surface area contributed by atoms with Crippen molar-refractivity contribution in [1.82, 2.24) is 0 Å². The van der Waals surface area contributed by atoms with Gasteiger partial charge in [-0.2, -0.15) is 0 Å². The van der Waals surface area contributed by atoms with E-state index in [2.05, 4.69) is 27.3 Å². The molecule has 0 aromatic heterocycles. The second kappa shape index (κ2) is 6.12. The molecule has 0 saturated heterocycles. The van der Waals surface area contributed by atoms with Crippen LogP contribution in [-0.4, -0.2) is 6.54 Å². The highest BCUT2D eigenvalue weighted by Gasteiger charge is 2.01. The first-order valence-electron chi connectivity index (χ1n) is 5.69. The molecule has 0 heterocycles. The quantitative estimate of drug-likeness (QED) is 0.821. The van der Waals surface area contributed by atoms with Gasteiger partial charge in [-0.05, 0) is 36.2 Å². The van der Waals surface area contributed by atoms with Crippen molar-refractivity contribution in [2.75, 3.05) is 17.6 Å². The maximum Gasteiger partial charge on any atom is 0.0575 e. The van der Waals surface area contributed by atoms with Crippen molar-refractivity contribution in [1.29, 1.82) is 0 Å². The fraction of sp³-hybridized carbons (Fsp3) is 0.143. The van der Waals surface area contributed by atoms with Crippen molar-refractivity contribution < 1.29 is 0 Å². The molecule has 0 radical (unpaired) electrons. The Kier molecular flexibility index (Phi) is 4.50. The Labute approximate surface area is 120 Å². The lowest BCUT2D eigenvalue weighted by Crippen LogP contribution is -2.07. The molecule has 0 aliphatic rings. The third-order valence-corrected chi connectivity index (χ3v) is 3.69. The van der Waals surface area contributed by atoms with Gasteiger partial charge in [0.05, 0.1) is 11.4 Å². The summed E-state index contributed by atoms with van der Waals surface area (Å²) >= 11 is 9.39. The van der Waals surface area contributed by atoms with Gasteiger partial charge in [0.25, 0.3) is 0 Å². The topological polar surface area (TPSA) is 38.0 Å². The van der Waals surface area contributed by atoms with E-state index in [1.165, 1.54) is 5.56 Å². The second-order valence-electron chi connectivity index (χ2n) is 4.00. The van der Waals surface area contributed by atoms with E-state index in [-0.39, 0.29) is 0 Å². The predicted octanol–water partition coefficient (Wildman–Crippen LogP) is 4.34. The van der Waals surface area contributed by atoms with Crippen LogP contribution < -0.4 is 11.1 Å². The van der Waals surface area contributed by atoms with Crippen molar-refractivity contribution in [3.05, 3.63) is 57.5 Å². The number of benzene rings is 2. The molecule has 2 aromatic rings. The van der Waals surface area contributed by atoms with Crippen LogP contribution in [0.1, 0.15) is 5.56 Å². The summed E-state index contributed by atoms with van der Waals surface area (Å²) in [7, 11) is 0. The second-order valence-corrected chi connectivity index (χ2v) is 5.29. The standard InChI is InChI=1S/C14H14BrClN2/c15-12-4-2-1-3-10(12)7-8-18-14-6-5-11(16)9-13(14)17/h1-6,9,18H,7-8,17H2. The largest absolute Gasteiger partial charge is 0.397 e. The molecule has 0 amide bonds. The summed E-state index contributed by atoms with van der Waals surface area (Å²) in [6.07, 6.45) is 0.934. The monoisotopic (exact) mass is 324 g/mol. The Bertz CT molecular complexity index is 543. The van der Waals surface area contributed by atoms with Gasteiger partial charge in [0.15, 0.2) is 0 Å². The molecule has 18 heavy (non-hydrogen) atoms. The van der Waals surface area contributed by atoms with Gasteiger partial charge in [-0.15, -0.1) is 0 Å². The van der Waals surface area contributed by atoms with Crippen LogP contribution in [0.3, 0.4) is 0 Å². The SMILES string of the molecule is Nc1cc(Cl)ccc1NCCc1ccccc1Br. The summed E-state index contributed by atoms with van der Waals surface area (Å²) in [6, 6.07) is 13.7. The number of nitrogens with one attached hydrogen (secondary N) is 1. The van der Waals surface area contributed by atoms with Crippen molar-refractivity contribution in [2.45, 2.75) is 6.42 Å². The highest BCUT2D eigenvalue weighted by molar-refractivity contribution is 9.10. The number of nitrogen functional groups attached to an aromatic ring is 1. The molecule has 0 spiro atoms. The fourth-order valence-electron chi connectivity index (χ4n) is 1.73. The van der Waals surface area contributed by atoms with Gasteiger partial charge in [-0.25, -0.2) is 0 Å². The molecule has 0 atom stereocenters. The highest BCUT2D eigenvalue weighted by Crippen LogP contribution is 2.23. The van der Waals surface area contributed by atoms with Crippen LogP contribution in [0.2, 0.25) is 5.02 Å². The lowest BCUT2D eigenvalue weighted by atomic mass is 10.1. The highest BCUT2D eigenvalue weighted by atomic mass is 79.9. The van der Waals surface area contributed by atoms with E-state index in [0.717, 1.165) is 23.1 Å². The normalized spacial score (nSPS) is 10.3. The molecule has 2 aromatic carbocycles. The lowest BCUT2D eigenvalue weighted by molar-refractivity contribution is 1.01. The number of nitrogens with two attached hydrogens (primary N) is 1. The van der Waals surface area contributed by atoms with Crippen LogP contribution >= 0.6 is 27.5 Å². The molecular weight excluding hydrogens is 312 g/mol. The lowest BCUT2D eigenvalue weighted by Gasteiger charge is -2.10. The van der Waals surface area contributed by atoms with Crippen molar-refractivity contribution in [3.8, 4) is 0 Å². The molecule has 0 bridgehead atoms. The Morgan fingerprint density at radius 2 is 1.94 bits per heavy atom. The van der Waals surface area contributed by atoms with Crippen LogP contribution in [0.15, 0.2) is 46.9 Å². The van der Waals surface area contributed by atoms with Crippen LogP contribution in [0.25, 0.3) is 0 Å². The number of hydrogen-bond donors (Lipinski definition) is 2. The van der Waals surface area contributed by atoms with Gasteiger partial charge in [0.2, 0.25) is 0 Å². The van der Waals surface area contributed by atoms with Crippen molar-refractivity contribution in [3.63, 3.8) is 0 Å². The Balaban J connectivity index is 1.95. The molecular formula is C14H14BrClN2. The first-order valence-corrected chi connectivity index (χ1v) is 6.86. The van der Waals surface area contributed by atoms with Gasteiger partial charge in [0, 0.05) is 16.0 Å². The maximum atomic E-state index is 5.87. The average Bonchev–Trinajstić information content (AvgIpc) is 2.34. The number of halogens is 2. The molecule has 0 aliphatic carbocycles. The summed E-state index contributed by atoms with van der Waals surface area (Å²) in [5.41, 5.74) is 8.75. The summed E-state index contributed by atoms with van der Waals surface area (Å²) in [5.74, 6) is 0. The first-order chi connectivity index (χ1) is 8.66. The van der Waals surface area contributed by atoms with Crippen molar-refractivity contribution >= 4 is 38.9 Å². The zero-order valence-corrected chi connectivity index (χ0v) is 12.1. The maximum absolute atomic E-state index is 5.87.